The van der Waals surface area contributed by atoms with E-state index in [1.807, 2.05) is 37.5 Å². The number of aromatic nitrogens is 4. The molecule has 0 aliphatic rings. The van der Waals surface area contributed by atoms with Gasteiger partial charge in [-0.25, -0.2) is 4.68 Å². The Bertz CT molecular complexity index is 832. The van der Waals surface area contributed by atoms with Crippen LogP contribution in [-0.2, 0) is 19.9 Å². The molecule has 0 amide bonds. The summed E-state index contributed by atoms with van der Waals surface area (Å²) in [4.78, 5) is 12.0. The van der Waals surface area contributed by atoms with Crippen LogP contribution in [0, 0.1) is 0 Å². The fraction of sp³-hybridized carbons (Fsp3) is 0.188. The van der Waals surface area contributed by atoms with E-state index in [1.54, 1.807) is 21.8 Å². The van der Waals surface area contributed by atoms with Crippen LogP contribution in [0.25, 0.3) is 5.69 Å². The smallest absolute Gasteiger partial charge is 0.203 e. The summed E-state index contributed by atoms with van der Waals surface area (Å²) in [5.41, 5.74) is 8.87. The Morgan fingerprint density at radius 3 is 2.59 bits per heavy atom. The van der Waals surface area contributed by atoms with Crippen LogP contribution in [0.4, 0.5) is 5.69 Å². The highest BCUT2D eigenvalue weighted by molar-refractivity contribution is 5.39. The molecule has 0 radical (unpaired) electrons. The van der Waals surface area contributed by atoms with Crippen LogP contribution in [0.5, 0.6) is 0 Å². The van der Waals surface area contributed by atoms with Gasteiger partial charge in [0.1, 0.15) is 11.4 Å². The van der Waals surface area contributed by atoms with E-state index in [2.05, 4.69) is 10.2 Å². The number of hydrogen-bond acceptors (Lipinski definition) is 4. The largest absolute Gasteiger partial charge is 0.399 e. The van der Waals surface area contributed by atoms with E-state index in [-0.39, 0.29) is 5.43 Å². The zero-order valence-electron chi connectivity index (χ0n) is 12.3. The zero-order valence-corrected chi connectivity index (χ0v) is 12.3. The van der Waals surface area contributed by atoms with Crippen LogP contribution in [0.15, 0.2) is 53.7 Å². The predicted molar refractivity (Wildman–Crippen MR) is 84.9 cm³/mol. The van der Waals surface area contributed by atoms with Crippen LogP contribution in [0.3, 0.4) is 0 Å². The number of nitrogen functional groups attached to an aromatic ring is 1. The molecule has 6 heteroatoms. The Kier molecular flexibility index (Phi) is 3.74. The molecule has 112 valence electrons. The Morgan fingerprint density at radius 1 is 1.14 bits per heavy atom. The van der Waals surface area contributed by atoms with E-state index in [0.717, 1.165) is 23.4 Å². The lowest BCUT2D eigenvalue weighted by Crippen LogP contribution is -2.16. The molecule has 6 nitrogen and oxygen atoms in total. The molecule has 0 fully saturated rings. The maximum atomic E-state index is 12.0. The SMILES string of the molecule is Cn1cc(-n2ccc(=O)c(CCc3ccc(N)cc3)n2)cn1. The van der Waals surface area contributed by atoms with Crippen molar-refractivity contribution in [3.05, 3.63) is 70.4 Å². The molecule has 0 saturated carbocycles. The van der Waals surface area contributed by atoms with Gasteiger partial charge in [0.25, 0.3) is 0 Å². The van der Waals surface area contributed by atoms with Gasteiger partial charge >= 0.3 is 0 Å². The van der Waals surface area contributed by atoms with Crippen LogP contribution in [-0.4, -0.2) is 19.6 Å². The third-order valence-electron chi connectivity index (χ3n) is 3.47. The van der Waals surface area contributed by atoms with Gasteiger partial charge in [0, 0.05) is 25.0 Å². The van der Waals surface area contributed by atoms with Crippen molar-refractivity contribution in [2.45, 2.75) is 12.8 Å². The van der Waals surface area contributed by atoms with E-state index in [4.69, 9.17) is 5.73 Å². The lowest BCUT2D eigenvalue weighted by atomic mass is 10.1. The summed E-state index contributed by atoms with van der Waals surface area (Å²) in [5.74, 6) is 0. The van der Waals surface area contributed by atoms with Crippen molar-refractivity contribution in [3.63, 3.8) is 0 Å². The quantitative estimate of drug-likeness (QED) is 0.737. The van der Waals surface area contributed by atoms with Gasteiger partial charge < -0.3 is 5.73 Å². The van der Waals surface area contributed by atoms with Crippen molar-refractivity contribution in [3.8, 4) is 5.69 Å². The first-order valence-corrected chi connectivity index (χ1v) is 7.04. The Labute approximate surface area is 127 Å². The molecular weight excluding hydrogens is 278 g/mol. The van der Waals surface area contributed by atoms with Gasteiger partial charge in [-0.3, -0.25) is 9.48 Å². The third kappa shape index (κ3) is 3.06. The molecule has 22 heavy (non-hydrogen) atoms. The molecule has 0 bridgehead atoms. The molecule has 0 unspecified atom stereocenters. The molecular formula is C16H17N5O. The molecule has 0 aliphatic heterocycles. The summed E-state index contributed by atoms with van der Waals surface area (Å²) in [6.45, 7) is 0. The van der Waals surface area contributed by atoms with Gasteiger partial charge in [-0.1, -0.05) is 12.1 Å². The molecule has 2 aromatic heterocycles. The first kappa shape index (κ1) is 14.1. The van der Waals surface area contributed by atoms with Crippen LogP contribution < -0.4 is 11.2 Å². The lowest BCUT2D eigenvalue weighted by molar-refractivity contribution is 0.754. The Morgan fingerprint density at radius 2 is 1.91 bits per heavy atom. The molecule has 2 heterocycles. The van der Waals surface area contributed by atoms with Crippen LogP contribution in [0.2, 0.25) is 0 Å². The molecule has 0 saturated heterocycles. The highest BCUT2D eigenvalue weighted by atomic mass is 16.1. The van der Waals surface area contributed by atoms with E-state index in [9.17, 15) is 4.79 Å². The van der Waals surface area contributed by atoms with E-state index in [0.29, 0.717) is 12.1 Å². The first-order valence-electron chi connectivity index (χ1n) is 7.04. The monoisotopic (exact) mass is 295 g/mol. The number of benzene rings is 1. The summed E-state index contributed by atoms with van der Waals surface area (Å²) in [5, 5.41) is 8.53. The highest BCUT2D eigenvalue weighted by Gasteiger charge is 2.06. The summed E-state index contributed by atoms with van der Waals surface area (Å²) < 4.78 is 3.37. The van der Waals surface area contributed by atoms with Crippen molar-refractivity contribution in [1.29, 1.82) is 0 Å². The summed E-state index contributed by atoms with van der Waals surface area (Å²) in [6, 6.07) is 9.21. The molecule has 1 aromatic carbocycles. The van der Waals surface area contributed by atoms with Crippen molar-refractivity contribution in [2.75, 3.05) is 5.73 Å². The normalized spacial score (nSPS) is 10.8. The number of nitrogens with zero attached hydrogens (tertiary/aromatic N) is 4. The van der Waals surface area contributed by atoms with Gasteiger partial charge in [-0.2, -0.15) is 10.2 Å². The standard InChI is InChI=1S/C16H17N5O/c1-20-11-14(10-18-20)21-9-8-16(22)15(19-21)7-4-12-2-5-13(17)6-3-12/h2-3,5-6,8-11H,4,7,17H2,1H3. The third-order valence-corrected chi connectivity index (χ3v) is 3.47. The predicted octanol–water partition coefficient (Wildman–Crippen LogP) is 1.33. The molecule has 0 aliphatic carbocycles. The van der Waals surface area contributed by atoms with E-state index < -0.39 is 0 Å². The van der Waals surface area contributed by atoms with Crippen molar-refractivity contribution >= 4 is 5.69 Å². The van der Waals surface area contributed by atoms with Crippen molar-refractivity contribution < 1.29 is 0 Å². The second-order valence-electron chi connectivity index (χ2n) is 5.19. The van der Waals surface area contributed by atoms with E-state index >= 15 is 0 Å². The molecule has 0 atom stereocenters. The van der Waals surface area contributed by atoms with E-state index in [1.165, 1.54) is 6.07 Å². The maximum Gasteiger partial charge on any atom is 0.203 e. The topological polar surface area (TPSA) is 78.7 Å². The minimum absolute atomic E-state index is 0.0458. The number of aryl methyl sites for hydroxylation is 3. The fourth-order valence-corrected chi connectivity index (χ4v) is 2.24. The number of rotatable bonds is 4. The van der Waals surface area contributed by atoms with Crippen molar-refractivity contribution in [2.24, 2.45) is 7.05 Å². The Hall–Kier alpha value is -2.89. The molecule has 0 spiro atoms. The van der Waals surface area contributed by atoms with Gasteiger partial charge in [-0.05, 0) is 30.5 Å². The first-order chi connectivity index (χ1) is 10.6. The van der Waals surface area contributed by atoms with Crippen LogP contribution in [0.1, 0.15) is 11.3 Å². The summed E-state index contributed by atoms with van der Waals surface area (Å²) in [6.07, 6.45) is 6.55. The lowest BCUT2D eigenvalue weighted by Gasteiger charge is -2.05. The van der Waals surface area contributed by atoms with Gasteiger partial charge in [-0.15, -0.1) is 0 Å². The maximum absolute atomic E-state index is 12.0. The van der Waals surface area contributed by atoms with Crippen LogP contribution >= 0.6 is 0 Å². The number of nitrogens with two attached hydrogens (primary N) is 1. The second-order valence-corrected chi connectivity index (χ2v) is 5.19. The minimum Gasteiger partial charge on any atom is -0.399 e. The highest BCUT2D eigenvalue weighted by Crippen LogP contribution is 2.08. The average Bonchev–Trinajstić information content (AvgIpc) is 2.95. The number of anilines is 1. The van der Waals surface area contributed by atoms with Gasteiger partial charge in [0.15, 0.2) is 0 Å². The minimum atomic E-state index is -0.0458. The van der Waals surface area contributed by atoms with Gasteiger partial charge in [0.2, 0.25) is 5.43 Å². The van der Waals surface area contributed by atoms with Gasteiger partial charge in [0.05, 0.1) is 12.4 Å². The summed E-state index contributed by atoms with van der Waals surface area (Å²) in [7, 11) is 1.84. The Balaban J connectivity index is 1.81. The van der Waals surface area contributed by atoms with Crippen molar-refractivity contribution in [1.82, 2.24) is 19.6 Å². The molecule has 3 aromatic rings. The molecule has 2 N–H and O–H groups in total. The zero-order chi connectivity index (χ0) is 15.5. The summed E-state index contributed by atoms with van der Waals surface area (Å²) >= 11 is 0. The number of hydrogen-bond donors (Lipinski definition) is 1. The molecule has 3 rings (SSSR count). The fourth-order valence-electron chi connectivity index (χ4n) is 2.24. The average molecular weight is 295 g/mol. The second kappa shape index (κ2) is 5.85.